The van der Waals surface area contributed by atoms with Crippen LogP contribution >= 0.6 is 0 Å². The quantitative estimate of drug-likeness (QED) is 0.850. The van der Waals surface area contributed by atoms with E-state index in [0.29, 0.717) is 6.54 Å². The van der Waals surface area contributed by atoms with Gasteiger partial charge in [-0.1, -0.05) is 30.3 Å². The largest absolute Gasteiger partial charge is 0.396 e. The standard InChI is InChI=1S/C20H25N3O2/c1-22-14-18(13-21-22)8-9-19(25)23-11-5-10-20(15-23,16-24)12-17-6-3-2-4-7-17/h2-4,6-9,13-14,24H,5,10-12,15-16H2,1H3/b9-8+. The predicted molar refractivity (Wildman–Crippen MR) is 97.7 cm³/mol. The molecule has 1 aliphatic heterocycles. The molecule has 1 aliphatic rings. The summed E-state index contributed by atoms with van der Waals surface area (Å²) in [7, 11) is 1.85. The molecule has 0 aliphatic carbocycles. The number of aliphatic hydroxyl groups excluding tert-OH is 1. The van der Waals surface area contributed by atoms with Crippen molar-refractivity contribution in [1.29, 1.82) is 0 Å². The number of aliphatic hydroxyl groups is 1. The minimum Gasteiger partial charge on any atom is -0.396 e. The first-order chi connectivity index (χ1) is 12.1. The van der Waals surface area contributed by atoms with Crippen LogP contribution in [0.15, 0.2) is 48.8 Å². The molecule has 5 nitrogen and oxygen atoms in total. The highest BCUT2D eigenvalue weighted by Crippen LogP contribution is 2.33. The zero-order valence-corrected chi connectivity index (χ0v) is 14.6. The molecule has 1 N–H and O–H groups in total. The summed E-state index contributed by atoms with van der Waals surface area (Å²) in [5, 5.41) is 14.1. The molecule has 1 aromatic carbocycles. The van der Waals surface area contributed by atoms with Crippen LogP contribution in [0.5, 0.6) is 0 Å². The van der Waals surface area contributed by atoms with Crippen LogP contribution in [-0.4, -0.2) is 45.4 Å². The number of nitrogens with zero attached hydrogens (tertiary/aromatic N) is 3. The molecule has 5 heteroatoms. The average molecular weight is 339 g/mol. The van der Waals surface area contributed by atoms with Gasteiger partial charge in [0, 0.05) is 43.4 Å². The van der Waals surface area contributed by atoms with Gasteiger partial charge in [-0.15, -0.1) is 0 Å². The summed E-state index contributed by atoms with van der Waals surface area (Å²) in [5.41, 5.74) is 1.86. The molecule has 1 amide bonds. The topological polar surface area (TPSA) is 58.4 Å². The van der Waals surface area contributed by atoms with Gasteiger partial charge in [-0.05, 0) is 30.9 Å². The zero-order valence-electron chi connectivity index (χ0n) is 14.6. The van der Waals surface area contributed by atoms with E-state index in [2.05, 4.69) is 17.2 Å². The van der Waals surface area contributed by atoms with Gasteiger partial charge in [0.05, 0.1) is 12.8 Å². The van der Waals surface area contributed by atoms with E-state index >= 15 is 0 Å². The van der Waals surface area contributed by atoms with E-state index in [0.717, 1.165) is 31.4 Å². The van der Waals surface area contributed by atoms with Crippen molar-refractivity contribution in [2.75, 3.05) is 19.7 Å². The fourth-order valence-electron chi connectivity index (χ4n) is 3.55. The number of aryl methyl sites for hydroxylation is 1. The number of amides is 1. The second-order valence-corrected chi connectivity index (χ2v) is 6.96. The molecule has 1 fully saturated rings. The Labute approximate surface area is 148 Å². The maximum Gasteiger partial charge on any atom is 0.246 e. The Hall–Kier alpha value is -2.40. The first-order valence-electron chi connectivity index (χ1n) is 8.71. The predicted octanol–water partition coefficient (Wildman–Crippen LogP) is 2.28. The lowest BCUT2D eigenvalue weighted by Crippen LogP contribution is -2.48. The van der Waals surface area contributed by atoms with Gasteiger partial charge < -0.3 is 10.0 Å². The summed E-state index contributed by atoms with van der Waals surface area (Å²) in [6, 6.07) is 10.2. The Morgan fingerprint density at radius 1 is 1.36 bits per heavy atom. The van der Waals surface area contributed by atoms with E-state index in [1.807, 2.05) is 36.3 Å². The van der Waals surface area contributed by atoms with Crippen molar-refractivity contribution in [3.05, 3.63) is 59.9 Å². The molecule has 2 aromatic rings. The lowest BCUT2D eigenvalue weighted by Gasteiger charge is -2.41. The lowest BCUT2D eigenvalue weighted by molar-refractivity contribution is -0.130. The van der Waals surface area contributed by atoms with Crippen molar-refractivity contribution in [3.8, 4) is 0 Å². The molecule has 132 valence electrons. The van der Waals surface area contributed by atoms with Gasteiger partial charge in [-0.2, -0.15) is 5.10 Å². The van der Waals surface area contributed by atoms with Gasteiger partial charge in [0.1, 0.15) is 0 Å². The van der Waals surface area contributed by atoms with Gasteiger partial charge >= 0.3 is 0 Å². The fraction of sp³-hybridized carbons (Fsp3) is 0.400. The van der Waals surface area contributed by atoms with Crippen molar-refractivity contribution in [2.24, 2.45) is 12.5 Å². The van der Waals surface area contributed by atoms with Crippen molar-refractivity contribution in [1.82, 2.24) is 14.7 Å². The Balaban J connectivity index is 1.68. The molecular formula is C20H25N3O2. The smallest absolute Gasteiger partial charge is 0.246 e. The minimum atomic E-state index is -0.253. The number of benzene rings is 1. The van der Waals surface area contributed by atoms with Crippen LogP contribution in [0.3, 0.4) is 0 Å². The Morgan fingerprint density at radius 3 is 2.84 bits per heavy atom. The van der Waals surface area contributed by atoms with E-state index < -0.39 is 0 Å². The monoisotopic (exact) mass is 339 g/mol. The number of rotatable bonds is 5. The van der Waals surface area contributed by atoms with E-state index in [-0.39, 0.29) is 17.9 Å². The normalized spacial score (nSPS) is 21.0. The van der Waals surface area contributed by atoms with Crippen molar-refractivity contribution < 1.29 is 9.90 Å². The molecule has 25 heavy (non-hydrogen) atoms. The summed E-state index contributed by atoms with van der Waals surface area (Å²) >= 11 is 0. The second kappa shape index (κ2) is 7.66. The number of aromatic nitrogens is 2. The van der Waals surface area contributed by atoms with Gasteiger partial charge in [0.25, 0.3) is 0 Å². The minimum absolute atomic E-state index is 0.00515. The molecule has 1 atom stereocenters. The number of hydrogen-bond donors (Lipinski definition) is 1. The van der Waals surface area contributed by atoms with Crippen LogP contribution < -0.4 is 0 Å². The van der Waals surface area contributed by atoms with Gasteiger partial charge in [-0.25, -0.2) is 0 Å². The van der Waals surface area contributed by atoms with E-state index in [1.165, 1.54) is 5.56 Å². The molecule has 0 spiro atoms. The number of piperidine rings is 1. The van der Waals surface area contributed by atoms with E-state index in [9.17, 15) is 9.90 Å². The zero-order chi connectivity index (χ0) is 17.7. The molecule has 1 saturated heterocycles. The molecule has 0 radical (unpaired) electrons. The summed E-state index contributed by atoms with van der Waals surface area (Å²) in [4.78, 5) is 14.4. The van der Waals surface area contributed by atoms with Crippen LogP contribution in [0.1, 0.15) is 24.0 Å². The summed E-state index contributed by atoms with van der Waals surface area (Å²) in [6.07, 6.45) is 9.64. The van der Waals surface area contributed by atoms with Crippen molar-refractivity contribution in [2.45, 2.75) is 19.3 Å². The Bertz CT molecular complexity index is 738. The third-order valence-electron chi connectivity index (χ3n) is 4.87. The summed E-state index contributed by atoms with van der Waals surface area (Å²) in [5.74, 6) is -0.00515. The summed E-state index contributed by atoms with van der Waals surface area (Å²) < 4.78 is 1.71. The second-order valence-electron chi connectivity index (χ2n) is 6.96. The van der Waals surface area contributed by atoms with Gasteiger partial charge in [-0.3, -0.25) is 9.48 Å². The van der Waals surface area contributed by atoms with Crippen LogP contribution in [0.2, 0.25) is 0 Å². The third-order valence-corrected chi connectivity index (χ3v) is 4.87. The average Bonchev–Trinajstić information content (AvgIpc) is 3.06. The molecule has 0 saturated carbocycles. The number of carbonyl (C=O) groups excluding carboxylic acids is 1. The number of carbonyl (C=O) groups is 1. The Kier molecular flexibility index (Phi) is 5.34. The van der Waals surface area contributed by atoms with Gasteiger partial charge in [0.15, 0.2) is 0 Å². The van der Waals surface area contributed by atoms with Gasteiger partial charge in [0.2, 0.25) is 5.91 Å². The van der Waals surface area contributed by atoms with E-state index in [4.69, 9.17) is 0 Å². The highest BCUT2D eigenvalue weighted by atomic mass is 16.3. The van der Waals surface area contributed by atoms with Crippen LogP contribution in [0.4, 0.5) is 0 Å². The first-order valence-corrected chi connectivity index (χ1v) is 8.71. The maximum absolute atomic E-state index is 12.6. The molecule has 0 bridgehead atoms. The number of hydrogen-bond acceptors (Lipinski definition) is 3. The molecule has 1 unspecified atom stereocenters. The van der Waals surface area contributed by atoms with Crippen molar-refractivity contribution in [3.63, 3.8) is 0 Å². The first kappa shape index (κ1) is 17.4. The molecule has 3 rings (SSSR count). The maximum atomic E-state index is 12.6. The molecular weight excluding hydrogens is 314 g/mol. The Morgan fingerprint density at radius 2 is 2.16 bits per heavy atom. The van der Waals surface area contributed by atoms with Crippen LogP contribution in [0, 0.1) is 5.41 Å². The summed E-state index contributed by atoms with van der Waals surface area (Å²) in [6.45, 7) is 1.43. The molecule has 1 aromatic heterocycles. The lowest BCUT2D eigenvalue weighted by atomic mass is 9.75. The van der Waals surface area contributed by atoms with Crippen LogP contribution in [-0.2, 0) is 18.3 Å². The van der Waals surface area contributed by atoms with E-state index in [1.54, 1.807) is 23.0 Å². The highest BCUT2D eigenvalue weighted by Gasteiger charge is 2.36. The fourth-order valence-corrected chi connectivity index (χ4v) is 3.55. The number of likely N-dealkylation sites (tertiary alicyclic amines) is 1. The van der Waals surface area contributed by atoms with Crippen molar-refractivity contribution >= 4 is 12.0 Å². The SMILES string of the molecule is Cn1cc(/C=C/C(=O)N2CCCC(CO)(Cc3ccccc3)C2)cn1. The van der Waals surface area contributed by atoms with Crippen LogP contribution in [0.25, 0.3) is 6.08 Å². The third kappa shape index (κ3) is 4.37. The molecule has 2 heterocycles. The highest BCUT2D eigenvalue weighted by molar-refractivity contribution is 5.91.